The molecule has 2 nitrogen and oxygen atoms in total. The highest BCUT2D eigenvalue weighted by molar-refractivity contribution is 4.30. The molecule has 0 radical (unpaired) electrons. The summed E-state index contributed by atoms with van der Waals surface area (Å²) < 4.78 is 9.58. The number of hydrogen-bond donors (Lipinski definition) is 0. The molecular weight excluding hydrogens is 152 g/mol. The largest absolute Gasteiger partial charge is 0.385 e. The van der Waals surface area contributed by atoms with Gasteiger partial charge in [-0.15, -0.1) is 13.2 Å². The molecule has 0 fully saturated rings. The Balaban J connectivity index is -0.000000118. The summed E-state index contributed by atoms with van der Waals surface area (Å²) in [5.41, 5.74) is 0. The molecule has 0 rings (SSSR count). The van der Waals surface area contributed by atoms with E-state index in [1.807, 2.05) is 27.7 Å². The van der Waals surface area contributed by atoms with Gasteiger partial charge in [0.25, 0.3) is 0 Å². The van der Waals surface area contributed by atoms with Crippen LogP contribution in [0.5, 0.6) is 0 Å². The molecule has 76 valence electrons. The van der Waals surface area contributed by atoms with Crippen molar-refractivity contribution in [3.8, 4) is 0 Å². The molecule has 0 spiro atoms. The predicted octanol–water partition coefficient (Wildman–Crippen LogP) is 2.89. The van der Waals surface area contributed by atoms with Crippen LogP contribution in [0.25, 0.3) is 0 Å². The summed E-state index contributed by atoms with van der Waals surface area (Å²) in [7, 11) is 1.68. The van der Waals surface area contributed by atoms with E-state index in [4.69, 9.17) is 4.74 Å². The standard InChI is InChI=1S/C5H12O.C3H8O.C2H4/c1-4-6-5(2)3;1-3-4-2;1-2/h5H,4H2,1-3H3;3H2,1-2H3;1-2H2. The van der Waals surface area contributed by atoms with Crippen molar-refractivity contribution >= 4 is 0 Å². The molecule has 0 amide bonds. The van der Waals surface area contributed by atoms with Crippen LogP contribution in [0.3, 0.4) is 0 Å². The van der Waals surface area contributed by atoms with E-state index in [0.717, 1.165) is 13.2 Å². The van der Waals surface area contributed by atoms with Crippen LogP contribution < -0.4 is 0 Å². The van der Waals surface area contributed by atoms with E-state index in [1.54, 1.807) is 7.11 Å². The second-order valence-electron chi connectivity index (χ2n) is 2.08. The highest BCUT2D eigenvalue weighted by atomic mass is 16.5. The molecule has 0 aromatic rings. The van der Waals surface area contributed by atoms with Crippen molar-refractivity contribution in [1.29, 1.82) is 0 Å². The zero-order valence-corrected chi connectivity index (χ0v) is 9.22. The van der Waals surface area contributed by atoms with Crippen LogP contribution in [0.4, 0.5) is 0 Å². The molecule has 0 unspecified atom stereocenters. The number of methoxy groups -OCH3 is 1. The summed E-state index contributed by atoms with van der Waals surface area (Å²) in [4.78, 5) is 0. The van der Waals surface area contributed by atoms with Crippen molar-refractivity contribution < 1.29 is 9.47 Å². The summed E-state index contributed by atoms with van der Waals surface area (Å²) in [6.45, 7) is 15.7. The van der Waals surface area contributed by atoms with Crippen LogP contribution in [0.1, 0.15) is 27.7 Å². The molecule has 0 saturated carbocycles. The average Bonchev–Trinajstić information content (AvgIpc) is 2.08. The van der Waals surface area contributed by atoms with Crippen LogP contribution >= 0.6 is 0 Å². The summed E-state index contributed by atoms with van der Waals surface area (Å²) in [5.74, 6) is 0. The molecule has 0 aliphatic carbocycles. The molecular formula is C10H24O2. The van der Waals surface area contributed by atoms with Gasteiger partial charge in [0.2, 0.25) is 0 Å². The van der Waals surface area contributed by atoms with Crippen LogP contribution in [0.15, 0.2) is 13.2 Å². The third-order valence-corrected chi connectivity index (χ3v) is 0.789. The van der Waals surface area contributed by atoms with Crippen molar-refractivity contribution in [2.45, 2.75) is 33.8 Å². The van der Waals surface area contributed by atoms with Crippen molar-refractivity contribution in [2.75, 3.05) is 20.3 Å². The molecule has 2 heteroatoms. The Morgan fingerprint density at radius 2 is 1.42 bits per heavy atom. The lowest BCUT2D eigenvalue weighted by Gasteiger charge is -2.00. The maximum absolute atomic E-state index is 5.04. The summed E-state index contributed by atoms with van der Waals surface area (Å²) in [5, 5.41) is 0. The van der Waals surface area contributed by atoms with Crippen LogP contribution in [0.2, 0.25) is 0 Å². The fourth-order valence-corrected chi connectivity index (χ4v) is 0.333. The van der Waals surface area contributed by atoms with E-state index in [0.29, 0.717) is 6.10 Å². The van der Waals surface area contributed by atoms with Crippen LogP contribution in [-0.2, 0) is 9.47 Å². The highest BCUT2D eigenvalue weighted by Gasteiger charge is 1.83. The molecule has 0 N–H and O–H groups in total. The van der Waals surface area contributed by atoms with Gasteiger partial charge in [-0.1, -0.05) is 0 Å². The van der Waals surface area contributed by atoms with E-state index in [-0.39, 0.29) is 0 Å². The second kappa shape index (κ2) is 22.4. The molecule has 0 aromatic heterocycles. The minimum Gasteiger partial charge on any atom is -0.385 e. The summed E-state index contributed by atoms with van der Waals surface area (Å²) in [6, 6.07) is 0. The Morgan fingerprint density at radius 3 is 1.42 bits per heavy atom. The van der Waals surface area contributed by atoms with Gasteiger partial charge in [0.15, 0.2) is 0 Å². The maximum atomic E-state index is 5.04. The highest BCUT2D eigenvalue weighted by Crippen LogP contribution is 1.83. The van der Waals surface area contributed by atoms with Gasteiger partial charge in [0.05, 0.1) is 6.10 Å². The number of hydrogen-bond acceptors (Lipinski definition) is 2. The van der Waals surface area contributed by atoms with Crippen molar-refractivity contribution in [3.05, 3.63) is 13.2 Å². The van der Waals surface area contributed by atoms with Gasteiger partial charge < -0.3 is 9.47 Å². The van der Waals surface area contributed by atoms with Gasteiger partial charge >= 0.3 is 0 Å². The fourth-order valence-electron chi connectivity index (χ4n) is 0.333. The topological polar surface area (TPSA) is 18.5 Å². The molecule has 0 bridgehead atoms. The molecule has 12 heavy (non-hydrogen) atoms. The minimum atomic E-state index is 0.398. The Kier molecular flexibility index (Phi) is 33.0. The van der Waals surface area contributed by atoms with Gasteiger partial charge in [0, 0.05) is 20.3 Å². The molecule has 0 saturated heterocycles. The van der Waals surface area contributed by atoms with Crippen molar-refractivity contribution in [2.24, 2.45) is 0 Å². The Bertz CT molecular complexity index is 51.8. The number of rotatable bonds is 3. The molecule has 0 atom stereocenters. The monoisotopic (exact) mass is 176 g/mol. The van der Waals surface area contributed by atoms with E-state index >= 15 is 0 Å². The van der Waals surface area contributed by atoms with Gasteiger partial charge in [-0.25, -0.2) is 0 Å². The Morgan fingerprint density at radius 1 is 1.08 bits per heavy atom. The summed E-state index contributed by atoms with van der Waals surface area (Å²) in [6.07, 6.45) is 0.398. The van der Waals surface area contributed by atoms with Crippen LogP contribution in [0, 0.1) is 0 Å². The number of ether oxygens (including phenoxy) is 2. The lowest BCUT2D eigenvalue weighted by Crippen LogP contribution is -1.99. The first-order chi connectivity index (χ1) is 5.68. The van der Waals surface area contributed by atoms with Gasteiger partial charge in [-0.2, -0.15) is 0 Å². The van der Waals surface area contributed by atoms with Crippen molar-refractivity contribution in [1.82, 2.24) is 0 Å². The van der Waals surface area contributed by atoms with Crippen LogP contribution in [-0.4, -0.2) is 26.4 Å². The third kappa shape index (κ3) is 54.1. The third-order valence-electron chi connectivity index (χ3n) is 0.789. The Labute approximate surface area is 77.6 Å². The van der Waals surface area contributed by atoms with Gasteiger partial charge in [-0.05, 0) is 27.7 Å². The SMILES string of the molecule is C=C.CCOC.CCOC(C)C. The molecule has 0 aromatic carbocycles. The first kappa shape index (κ1) is 17.7. The van der Waals surface area contributed by atoms with Gasteiger partial charge in [-0.3, -0.25) is 0 Å². The van der Waals surface area contributed by atoms with Crippen molar-refractivity contribution in [3.63, 3.8) is 0 Å². The molecule has 0 aliphatic heterocycles. The quantitative estimate of drug-likeness (QED) is 0.616. The van der Waals surface area contributed by atoms with E-state index in [9.17, 15) is 0 Å². The molecule has 0 aliphatic rings. The van der Waals surface area contributed by atoms with Gasteiger partial charge in [0.1, 0.15) is 0 Å². The van der Waals surface area contributed by atoms with E-state index in [1.165, 1.54) is 0 Å². The minimum absolute atomic E-state index is 0.398. The maximum Gasteiger partial charge on any atom is 0.0518 e. The normalized spacial score (nSPS) is 7.83. The summed E-state index contributed by atoms with van der Waals surface area (Å²) >= 11 is 0. The molecule has 0 heterocycles. The van der Waals surface area contributed by atoms with E-state index in [2.05, 4.69) is 17.9 Å². The second-order valence-corrected chi connectivity index (χ2v) is 2.08. The smallest absolute Gasteiger partial charge is 0.0518 e. The fraction of sp³-hybridized carbons (Fsp3) is 0.800. The first-order valence-electron chi connectivity index (χ1n) is 4.29. The average molecular weight is 176 g/mol. The lowest BCUT2D eigenvalue weighted by atomic mass is 10.5. The zero-order chi connectivity index (χ0) is 10.4. The lowest BCUT2D eigenvalue weighted by molar-refractivity contribution is 0.0899. The zero-order valence-electron chi connectivity index (χ0n) is 9.22. The predicted molar refractivity (Wildman–Crippen MR) is 55.6 cm³/mol. The first-order valence-corrected chi connectivity index (χ1v) is 4.29. The Hall–Kier alpha value is -0.340. The van der Waals surface area contributed by atoms with E-state index < -0.39 is 0 Å².